The van der Waals surface area contributed by atoms with Gasteiger partial charge in [-0.3, -0.25) is 0 Å². The molecule has 2 N–H and O–H groups in total. The Kier molecular flexibility index (Phi) is 5.31. The van der Waals surface area contributed by atoms with Gasteiger partial charge in [-0.05, 0) is 41.9 Å². The number of ether oxygens (including phenoxy) is 1. The summed E-state index contributed by atoms with van der Waals surface area (Å²) in [7, 11) is 0. The molecule has 2 aromatic rings. The van der Waals surface area contributed by atoms with Crippen molar-refractivity contribution in [2.45, 2.75) is 25.8 Å². The van der Waals surface area contributed by atoms with Crippen LogP contribution in [0.15, 0.2) is 30.3 Å². The SMILES string of the molecule is NCCCCn1nnnc1CCOc1ccccc1. The van der Waals surface area contributed by atoms with Crippen LogP contribution in [0.4, 0.5) is 0 Å². The number of tetrazole rings is 1. The Balaban J connectivity index is 1.78. The molecule has 0 bridgehead atoms. The Morgan fingerprint density at radius 1 is 1.16 bits per heavy atom. The van der Waals surface area contributed by atoms with Crippen molar-refractivity contribution >= 4 is 0 Å². The third-order valence-corrected chi connectivity index (χ3v) is 2.77. The van der Waals surface area contributed by atoms with Crippen molar-refractivity contribution < 1.29 is 4.74 Å². The molecule has 6 heteroatoms. The van der Waals surface area contributed by atoms with Crippen molar-refractivity contribution in [2.75, 3.05) is 13.2 Å². The Morgan fingerprint density at radius 3 is 2.79 bits per heavy atom. The largest absolute Gasteiger partial charge is 0.493 e. The van der Waals surface area contributed by atoms with Crippen LogP contribution in [-0.2, 0) is 13.0 Å². The molecule has 0 spiro atoms. The predicted molar refractivity (Wildman–Crippen MR) is 71.7 cm³/mol. The molecule has 2 rings (SSSR count). The van der Waals surface area contributed by atoms with Crippen LogP contribution >= 0.6 is 0 Å². The normalized spacial score (nSPS) is 10.6. The van der Waals surface area contributed by atoms with E-state index in [-0.39, 0.29) is 0 Å². The summed E-state index contributed by atoms with van der Waals surface area (Å²) in [4.78, 5) is 0. The molecule has 0 saturated carbocycles. The van der Waals surface area contributed by atoms with Crippen LogP contribution in [0.3, 0.4) is 0 Å². The average Bonchev–Trinajstić information content (AvgIpc) is 2.88. The molecule has 6 nitrogen and oxygen atoms in total. The van der Waals surface area contributed by atoms with Crippen molar-refractivity contribution in [3.63, 3.8) is 0 Å². The molecule has 0 aliphatic rings. The number of unbranched alkanes of at least 4 members (excludes halogenated alkanes) is 1. The van der Waals surface area contributed by atoms with Gasteiger partial charge in [-0.1, -0.05) is 18.2 Å². The molecule has 1 heterocycles. The number of nitrogens with zero attached hydrogens (tertiary/aromatic N) is 4. The summed E-state index contributed by atoms with van der Waals surface area (Å²) in [6.45, 7) is 2.08. The maximum Gasteiger partial charge on any atom is 0.154 e. The third-order valence-electron chi connectivity index (χ3n) is 2.77. The molecule has 0 aliphatic heterocycles. The lowest BCUT2D eigenvalue weighted by atomic mass is 10.3. The van der Waals surface area contributed by atoms with Gasteiger partial charge in [0.05, 0.1) is 6.61 Å². The molecule has 102 valence electrons. The molecule has 0 saturated heterocycles. The number of nitrogens with two attached hydrogens (primary N) is 1. The van der Waals surface area contributed by atoms with E-state index < -0.39 is 0 Å². The van der Waals surface area contributed by atoms with Gasteiger partial charge in [0, 0.05) is 13.0 Å². The lowest BCUT2D eigenvalue weighted by molar-refractivity contribution is 0.315. The summed E-state index contributed by atoms with van der Waals surface area (Å²) < 4.78 is 7.45. The lowest BCUT2D eigenvalue weighted by Crippen LogP contribution is -2.11. The Bertz CT molecular complexity index is 471. The first-order valence-corrected chi connectivity index (χ1v) is 6.53. The van der Waals surface area contributed by atoms with E-state index in [1.54, 1.807) is 0 Å². The quantitative estimate of drug-likeness (QED) is 0.718. The zero-order chi connectivity index (χ0) is 13.3. The van der Waals surface area contributed by atoms with E-state index in [0.29, 0.717) is 19.6 Å². The van der Waals surface area contributed by atoms with Crippen LogP contribution in [0.25, 0.3) is 0 Å². The first-order chi connectivity index (χ1) is 9.40. The molecular formula is C13H19N5O. The second-order valence-corrected chi connectivity index (χ2v) is 4.23. The van der Waals surface area contributed by atoms with E-state index in [2.05, 4.69) is 15.5 Å². The zero-order valence-corrected chi connectivity index (χ0v) is 10.9. The first-order valence-electron chi connectivity index (χ1n) is 6.53. The number of rotatable bonds is 8. The maximum atomic E-state index is 5.63. The van der Waals surface area contributed by atoms with Crippen LogP contribution in [0.1, 0.15) is 18.7 Å². The van der Waals surface area contributed by atoms with E-state index >= 15 is 0 Å². The van der Waals surface area contributed by atoms with Gasteiger partial charge in [0.15, 0.2) is 5.82 Å². The molecule has 0 radical (unpaired) electrons. The highest BCUT2D eigenvalue weighted by molar-refractivity contribution is 5.20. The van der Waals surface area contributed by atoms with Crippen LogP contribution in [0, 0.1) is 0 Å². The fourth-order valence-electron chi connectivity index (χ4n) is 1.76. The smallest absolute Gasteiger partial charge is 0.154 e. The first kappa shape index (κ1) is 13.5. The van der Waals surface area contributed by atoms with Crippen LogP contribution in [0.5, 0.6) is 5.75 Å². The summed E-state index contributed by atoms with van der Waals surface area (Å²) in [5.74, 6) is 1.72. The zero-order valence-electron chi connectivity index (χ0n) is 10.9. The molecule has 0 fully saturated rings. The number of aryl methyl sites for hydroxylation is 1. The molecule has 1 aromatic carbocycles. The van der Waals surface area contributed by atoms with Gasteiger partial charge in [0.2, 0.25) is 0 Å². The fraction of sp³-hybridized carbons (Fsp3) is 0.462. The Morgan fingerprint density at radius 2 is 2.00 bits per heavy atom. The van der Waals surface area contributed by atoms with Crippen LogP contribution in [-0.4, -0.2) is 33.4 Å². The molecule has 1 aromatic heterocycles. The summed E-state index contributed by atoms with van der Waals surface area (Å²) >= 11 is 0. The Hall–Kier alpha value is -1.95. The molecule has 0 amide bonds. The summed E-state index contributed by atoms with van der Waals surface area (Å²) in [5, 5.41) is 11.7. The molecule has 0 aliphatic carbocycles. The van der Waals surface area contributed by atoms with Gasteiger partial charge in [-0.25, -0.2) is 4.68 Å². The van der Waals surface area contributed by atoms with E-state index in [1.165, 1.54) is 0 Å². The van der Waals surface area contributed by atoms with Crippen LogP contribution in [0.2, 0.25) is 0 Å². The minimum Gasteiger partial charge on any atom is -0.493 e. The standard InChI is InChI=1S/C13H19N5O/c14-9-4-5-10-18-13(15-16-17-18)8-11-19-12-6-2-1-3-7-12/h1-3,6-7H,4-5,8-11,14H2. The fourth-order valence-corrected chi connectivity index (χ4v) is 1.76. The number of para-hydroxylation sites is 1. The van der Waals surface area contributed by atoms with Crippen molar-refractivity contribution in [3.8, 4) is 5.75 Å². The van der Waals surface area contributed by atoms with Gasteiger partial charge >= 0.3 is 0 Å². The molecule has 0 atom stereocenters. The average molecular weight is 261 g/mol. The predicted octanol–water partition coefficient (Wildman–Crippen LogP) is 1.03. The highest BCUT2D eigenvalue weighted by Gasteiger charge is 2.05. The number of hydrogen-bond acceptors (Lipinski definition) is 5. The van der Waals surface area contributed by atoms with Crippen LogP contribution < -0.4 is 10.5 Å². The van der Waals surface area contributed by atoms with Gasteiger partial charge in [0.1, 0.15) is 5.75 Å². The highest BCUT2D eigenvalue weighted by Crippen LogP contribution is 2.08. The summed E-state index contributed by atoms with van der Waals surface area (Å²) in [5.41, 5.74) is 5.47. The molecule has 19 heavy (non-hydrogen) atoms. The Labute approximate surface area is 112 Å². The van der Waals surface area contributed by atoms with Gasteiger partial charge in [-0.15, -0.1) is 5.10 Å². The van der Waals surface area contributed by atoms with Crippen molar-refractivity contribution in [3.05, 3.63) is 36.2 Å². The number of benzene rings is 1. The molecular weight excluding hydrogens is 242 g/mol. The van der Waals surface area contributed by atoms with Gasteiger partial charge in [0.25, 0.3) is 0 Å². The minimum absolute atomic E-state index is 0.571. The summed E-state index contributed by atoms with van der Waals surface area (Å²) in [6, 6.07) is 9.73. The van der Waals surface area contributed by atoms with E-state index in [0.717, 1.165) is 31.0 Å². The maximum absolute atomic E-state index is 5.63. The van der Waals surface area contributed by atoms with Gasteiger partial charge < -0.3 is 10.5 Å². The van der Waals surface area contributed by atoms with Crippen molar-refractivity contribution in [2.24, 2.45) is 5.73 Å². The number of aromatic nitrogens is 4. The van der Waals surface area contributed by atoms with Crippen molar-refractivity contribution in [1.82, 2.24) is 20.2 Å². The van der Waals surface area contributed by atoms with E-state index in [1.807, 2.05) is 35.0 Å². The van der Waals surface area contributed by atoms with Gasteiger partial charge in [-0.2, -0.15) is 0 Å². The highest BCUT2D eigenvalue weighted by atomic mass is 16.5. The number of hydrogen-bond donors (Lipinski definition) is 1. The van der Waals surface area contributed by atoms with E-state index in [4.69, 9.17) is 10.5 Å². The monoisotopic (exact) mass is 261 g/mol. The third kappa shape index (κ3) is 4.33. The second-order valence-electron chi connectivity index (χ2n) is 4.23. The lowest BCUT2D eigenvalue weighted by Gasteiger charge is -2.06. The topological polar surface area (TPSA) is 78.9 Å². The molecule has 0 unspecified atom stereocenters. The summed E-state index contributed by atoms with van der Waals surface area (Å²) in [6.07, 6.45) is 2.68. The minimum atomic E-state index is 0.571. The van der Waals surface area contributed by atoms with Crippen molar-refractivity contribution in [1.29, 1.82) is 0 Å². The van der Waals surface area contributed by atoms with E-state index in [9.17, 15) is 0 Å². The second kappa shape index (κ2) is 7.48.